The van der Waals surface area contributed by atoms with Gasteiger partial charge in [0, 0.05) is 11.9 Å². The molecular weight excluding hydrogens is 470 g/mol. The molecule has 0 aromatic carbocycles. The van der Waals surface area contributed by atoms with Crippen LogP contribution in [0, 0.1) is 17.8 Å². The Labute approximate surface area is 225 Å². The fourth-order valence-corrected chi connectivity index (χ4v) is 5.17. The van der Waals surface area contributed by atoms with Gasteiger partial charge in [0.05, 0.1) is 26.2 Å². The molecule has 0 heterocycles. The van der Waals surface area contributed by atoms with E-state index in [-0.39, 0.29) is 24.1 Å². The van der Waals surface area contributed by atoms with E-state index in [1.54, 1.807) is 20.8 Å². The summed E-state index contributed by atoms with van der Waals surface area (Å²) in [6, 6.07) is 0. The lowest BCUT2D eigenvalue weighted by atomic mass is 10.00. The fourth-order valence-electron chi connectivity index (χ4n) is 5.17. The van der Waals surface area contributed by atoms with Crippen molar-refractivity contribution in [2.75, 3.05) is 26.2 Å². The number of carboxylic acids is 3. The van der Waals surface area contributed by atoms with Crippen LogP contribution in [0.4, 0.5) is 0 Å². The monoisotopic (exact) mass is 525 g/mol. The van der Waals surface area contributed by atoms with Gasteiger partial charge in [-0.2, -0.15) is 0 Å². The predicted molar refractivity (Wildman–Crippen MR) is 147 cm³/mol. The molecule has 3 unspecified atom stereocenters. The third kappa shape index (κ3) is 18.1. The van der Waals surface area contributed by atoms with Crippen molar-refractivity contribution in [3.8, 4) is 0 Å². The molecule has 0 spiro atoms. The molecule has 0 aliphatic rings. The molecule has 0 fully saturated rings. The zero-order chi connectivity index (χ0) is 28.1. The number of aliphatic carboxylic acids is 3. The minimum Gasteiger partial charge on any atom is -0.550 e. The van der Waals surface area contributed by atoms with Gasteiger partial charge in [-0.05, 0) is 52.4 Å². The van der Waals surface area contributed by atoms with Crippen molar-refractivity contribution >= 4 is 17.9 Å². The zero-order valence-corrected chi connectivity index (χ0v) is 24.1. The van der Waals surface area contributed by atoms with Crippen LogP contribution in [0.1, 0.15) is 118 Å². The highest BCUT2D eigenvalue weighted by Gasteiger charge is 2.36. The van der Waals surface area contributed by atoms with E-state index in [0.29, 0.717) is 6.54 Å². The molecule has 7 nitrogen and oxygen atoms in total. The summed E-state index contributed by atoms with van der Waals surface area (Å²) in [5.74, 6) is -5.24. The molecule has 7 heteroatoms. The molecule has 3 atom stereocenters. The number of quaternary nitrogens is 1. The Bertz CT molecular complexity index is 607. The van der Waals surface area contributed by atoms with Crippen molar-refractivity contribution in [1.82, 2.24) is 0 Å². The molecule has 0 aromatic rings. The van der Waals surface area contributed by atoms with Crippen LogP contribution in [0.3, 0.4) is 0 Å². The van der Waals surface area contributed by atoms with Crippen molar-refractivity contribution in [3.05, 3.63) is 12.2 Å². The Hall–Kier alpha value is -1.89. The first kappa shape index (κ1) is 35.1. The molecule has 0 aromatic heterocycles. The first-order valence-electron chi connectivity index (χ1n) is 14.7. The van der Waals surface area contributed by atoms with E-state index >= 15 is 0 Å². The Balaban J connectivity index is 4.52. The molecule has 37 heavy (non-hydrogen) atoms. The summed E-state index contributed by atoms with van der Waals surface area (Å²) < 4.78 is 0.183. The predicted octanol–water partition coefficient (Wildman–Crippen LogP) is 5.67. The quantitative estimate of drug-likeness (QED) is 0.0902. The van der Waals surface area contributed by atoms with Crippen LogP contribution in [0.15, 0.2) is 12.2 Å². The molecule has 2 N–H and O–H groups in total. The van der Waals surface area contributed by atoms with Crippen molar-refractivity contribution in [1.29, 1.82) is 0 Å². The van der Waals surface area contributed by atoms with Crippen molar-refractivity contribution in [2.24, 2.45) is 17.8 Å². The van der Waals surface area contributed by atoms with E-state index in [1.165, 1.54) is 64.2 Å². The second kappa shape index (κ2) is 21.1. The lowest BCUT2D eigenvalue weighted by molar-refractivity contribution is -0.934. The smallest absolute Gasteiger partial charge is 0.311 e. The summed E-state index contributed by atoms with van der Waals surface area (Å²) in [5, 5.41) is 30.5. The highest BCUT2D eigenvalue weighted by molar-refractivity contribution is 5.70. The van der Waals surface area contributed by atoms with Crippen LogP contribution < -0.4 is 5.11 Å². The van der Waals surface area contributed by atoms with E-state index in [4.69, 9.17) is 0 Å². The van der Waals surface area contributed by atoms with E-state index in [9.17, 15) is 29.7 Å². The number of allylic oxidation sites excluding steroid dienone is 2. The molecule has 0 saturated heterocycles. The van der Waals surface area contributed by atoms with Gasteiger partial charge in [0.1, 0.15) is 11.8 Å². The third-order valence-electron chi connectivity index (χ3n) is 7.37. The minimum atomic E-state index is -1.18. The van der Waals surface area contributed by atoms with Crippen LogP contribution in [-0.4, -0.2) is 58.8 Å². The third-order valence-corrected chi connectivity index (χ3v) is 7.37. The molecule has 0 rings (SSSR count). The van der Waals surface area contributed by atoms with Gasteiger partial charge in [-0.25, -0.2) is 0 Å². The summed E-state index contributed by atoms with van der Waals surface area (Å²) >= 11 is 0. The summed E-state index contributed by atoms with van der Waals surface area (Å²) in [7, 11) is 0. The van der Waals surface area contributed by atoms with Gasteiger partial charge in [-0.1, -0.05) is 77.4 Å². The van der Waals surface area contributed by atoms with Crippen LogP contribution in [0.2, 0.25) is 0 Å². The van der Waals surface area contributed by atoms with Gasteiger partial charge in [-0.3, -0.25) is 9.59 Å². The second-order valence-corrected chi connectivity index (χ2v) is 11.2. The molecular formula is C30H55NO6. The average Bonchev–Trinajstić information content (AvgIpc) is 2.83. The average molecular weight is 526 g/mol. The standard InChI is InChI=1S/C30H55NO6/c1-5-6-7-8-9-10-11-12-13-14-15-16-17-18-19-20-21-31(22-25(2)28(32)33,23-26(3)29(34)35)24-27(4)30(36)37/h10-11,25-27H,5-9,12-24H2,1-4H3,(H2-,32,33,34,35,36,37)/b11-10+. The molecule has 0 amide bonds. The Morgan fingerprint density at radius 2 is 1.03 bits per heavy atom. The number of hydrogen-bond acceptors (Lipinski definition) is 4. The Kier molecular flexibility index (Phi) is 20.0. The largest absolute Gasteiger partial charge is 0.550 e. The molecule has 0 bridgehead atoms. The molecule has 0 saturated carbocycles. The summed E-state index contributed by atoms with van der Waals surface area (Å²) in [5.41, 5.74) is 0. The molecule has 0 aliphatic heterocycles. The summed E-state index contributed by atoms with van der Waals surface area (Å²) in [4.78, 5) is 34.6. The number of carbonyl (C=O) groups is 3. The zero-order valence-electron chi connectivity index (χ0n) is 24.1. The SMILES string of the molecule is CCCCCC/C=C/CCCCCCCCCC[N+](CC(C)C(=O)[O-])(CC(C)C(=O)O)CC(C)C(=O)O. The maximum absolute atomic E-state index is 11.6. The number of unbranched alkanes of at least 4 members (excludes halogenated alkanes) is 12. The number of carboxylic acid groups (broad SMARTS) is 3. The number of hydrogen-bond donors (Lipinski definition) is 2. The second-order valence-electron chi connectivity index (χ2n) is 11.2. The molecule has 216 valence electrons. The minimum absolute atomic E-state index is 0.183. The Morgan fingerprint density at radius 3 is 1.43 bits per heavy atom. The highest BCUT2D eigenvalue weighted by atomic mass is 16.4. The fraction of sp³-hybridized carbons (Fsp3) is 0.833. The van der Waals surface area contributed by atoms with Crippen LogP contribution in [-0.2, 0) is 14.4 Å². The van der Waals surface area contributed by atoms with Crippen LogP contribution >= 0.6 is 0 Å². The number of rotatable bonds is 25. The van der Waals surface area contributed by atoms with Gasteiger partial charge in [0.15, 0.2) is 0 Å². The number of carbonyl (C=O) groups excluding carboxylic acids is 1. The van der Waals surface area contributed by atoms with Gasteiger partial charge in [0.2, 0.25) is 0 Å². The Morgan fingerprint density at radius 1 is 0.649 bits per heavy atom. The highest BCUT2D eigenvalue weighted by Crippen LogP contribution is 2.22. The topological polar surface area (TPSA) is 115 Å². The normalized spacial score (nSPS) is 15.8. The summed E-state index contributed by atoms with van der Waals surface area (Å²) in [6.07, 6.45) is 21.3. The van der Waals surface area contributed by atoms with E-state index in [1.807, 2.05) is 0 Å². The van der Waals surface area contributed by atoms with Crippen molar-refractivity contribution in [3.63, 3.8) is 0 Å². The first-order valence-corrected chi connectivity index (χ1v) is 14.7. The van der Waals surface area contributed by atoms with Gasteiger partial charge >= 0.3 is 11.9 Å². The van der Waals surface area contributed by atoms with Crippen LogP contribution in [0.25, 0.3) is 0 Å². The van der Waals surface area contributed by atoms with Gasteiger partial charge in [-0.15, -0.1) is 0 Å². The number of nitrogens with zero attached hydrogens (tertiary/aromatic N) is 1. The lowest BCUT2D eigenvalue weighted by Gasteiger charge is -2.43. The lowest BCUT2D eigenvalue weighted by Crippen LogP contribution is -2.58. The first-order chi connectivity index (χ1) is 17.5. The maximum Gasteiger partial charge on any atom is 0.311 e. The van der Waals surface area contributed by atoms with E-state index in [2.05, 4.69) is 19.1 Å². The van der Waals surface area contributed by atoms with E-state index < -0.39 is 35.7 Å². The van der Waals surface area contributed by atoms with Gasteiger partial charge in [0.25, 0.3) is 0 Å². The molecule has 0 aliphatic carbocycles. The maximum atomic E-state index is 11.6. The van der Waals surface area contributed by atoms with E-state index in [0.717, 1.165) is 25.7 Å². The summed E-state index contributed by atoms with van der Waals surface area (Å²) in [6.45, 7) is 8.21. The molecule has 0 radical (unpaired) electrons. The van der Waals surface area contributed by atoms with Crippen LogP contribution in [0.5, 0.6) is 0 Å². The van der Waals surface area contributed by atoms with Gasteiger partial charge < -0.3 is 24.6 Å². The van der Waals surface area contributed by atoms with Crippen molar-refractivity contribution < 1.29 is 34.2 Å². The van der Waals surface area contributed by atoms with Crippen molar-refractivity contribution in [2.45, 2.75) is 118 Å².